The van der Waals surface area contributed by atoms with E-state index in [1.807, 2.05) is 48.5 Å². The van der Waals surface area contributed by atoms with Crippen molar-refractivity contribution < 1.29 is 9.53 Å². The fraction of sp³-hybridized carbons (Fsp3) is 0.348. The summed E-state index contributed by atoms with van der Waals surface area (Å²) in [5, 5.41) is 0. The van der Waals surface area contributed by atoms with Crippen molar-refractivity contribution in [2.75, 3.05) is 19.6 Å². The van der Waals surface area contributed by atoms with Crippen molar-refractivity contribution in [3.8, 4) is 0 Å². The van der Waals surface area contributed by atoms with Crippen LogP contribution in [0.3, 0.4) is 0 Å². The minimum Gasteiger partial charge on any atom is -0.449 e. The minimum absolute atomic E-state index is 0. The average molecular weight is 386 g/mol. The summed E-state index contributed by atoms with van der Waals surface area (Å²) in [5.41, 5.74) is 2.19. The van der Waals surface area contributed by atoms with Gasteiger partial charge in [0.25, 0.3) is 0 Å². The third kappa shape index (κ3) is 5.21. The Labute approximate surface area is 168 Å². The molecule has 0 aromatic heterocycles. The second-order valence-corrected chi connectivity index (χ2v) is 7.04. The molecule has 0 spiro atoms. The summed E-state index contributed by atoms with van der Waals surface area (Å²) in [7, 11) is 0. The number of rotatable bonds is 7. The first-order valence-corrected chi connectivity index (χ1v) is 9.30. The Bertz CT molecular complexity index is 741. The van der Waals surface area contributed by atoms with E-state index in [2.05, 4.69) is 23.6 Å². The van der Waals surface area contributed by atoms with Gasteiger partial charge in [-0.3, -0.25) is 9.69 Å². The van der Waals surface area contributed by atoms with Crippen LogP contribution in [-0.2, 0) is 21.6 Å². The van der Waals surface area contributed by atoms with Crippen molar-refractivity contribution in [1.29, 1.82) is 0 Å². The lowest BCUT2D eigenvalue weighted by Crippen LogP contribution is -2.40. The van der Waals surface area contributed by atoms with Crippen LogP contribution in [0, 0.1) is 0 Å². The molecular formula is C23H28ClNO2. The number of likely N-dealkylation sites (tertiary alicyclic amines) is 1. The number of carbonyl (C=O) groups excluding carboxylic acids is 1. The number of benzene rings is 2. The van der Waals surface area contributed by atoms with Crippen molar-refractivity contribution in [1.82, 2.24) is 4.90 Å². The molecular weight excluding hydrogens is 358 g/mol. The average Bonchev–Trinajstić information content (AvgIpc) is 3.15. The highest BCUT2D eigenvalue weighted by Gasteiger charge is 2.39. The van der Waals surface area contributed by atoms with E-state index in [4.69, 9.17) is 4.74 Å². The standard InChI is InChI=1S/C23H27NO2.ClH/c1-19(18-24-15-9-10-16-24)23(26-20(2)25,22-13-7-4-8-14-22)17-21-11-5-3-6-12-21;/h3-8,11-14H,1,9-10,15-18H2,2H3;1H. The summed E-state index contributed by atoms with van der Waals surface area (Å²) in [6.07, 6.45) is 3.03. The fourth-order valence-corrected chi connectivity index (χ4v) is 3.77. The molecule has 0 bridgehead atoms. The van der Waals surface area contributed by atoms with Crippen LogP contribution in [0.2, 0.25) is 0 Å². The second kappa shape index (κ2) is 9.72. The molecule has 0 radical (unpaired) electrons. The van der Waals surface area contributed by atoms with E-state index in [1.54, 1.807) is 0 Å². The molecule has 1 heterocycles. The molecule has 1 unspecified atom stereocenters. The van der Waals surface area contributed by atoms with Crippen LogP contribution in [0.15, 0.2) is 72.8 Å². The Balaban J connectivity index is 0.00000261. The van der Waals surface area contributed by atoms with E-state index >= 15 is 0 Å². The molecule has 3 nitrogen and oxygen atoms in total. The number of nitrogens with zero attached hydrogens (tertiary/aromatic N) is 1. The normalized spacial score (nSPS) is 16.2. The third-order valence-electron chi connectivity index (χ3n) is 5.04. The van der Waals surface area contributed by atoms with Crippen LogP contribution in [-0.4, -0.2) is 30.5 Å². The third-order valence-corrected chi connectivity index (χ3v) is 5.04. The van der Waals surface area contributed by atoms with Gasteiger partial charge >= 0.3 is 5.97 Å². The van der Waals surface area contributed by atoms with E-state index in [9.17, 15) is 4.79 Å². The van der Waals surface area contributed by atoms with Crippen LogP contribution >= 0.6 is 12.4 Å². The molecule has 1 atom stereocenters. The molecule has 144 valence electrons. The van der Waals surface area contributed by atoms with E-state index in [0.29, 0.717) is 6.42 Å². The molecule has 27 heavy (non-hydrogen) atoms. The SMILES string of the molecule is C=C(CN1CCCC1)C(Cc1ccccc1)(OC(C)=O)c1ccccc1.Cl. The largest absolute Gasteiger partial charge is 0.449 e. The molecule has 1 saturated heterocycles. The van der Waals surface area contributed by atoms with Gasteiger partial charge in [-0.15, -0.1) is 12.4 Å². The van der Waals surface area contributed by atoms with Gasteiger partial charge < -0.3 is 4.74 Å². The molecule has 2 aromatic rings. The highest BCUT2D eigenvalue weighted by molar-refractivity contribution is 5.85. The quantitative estimate of drug-likeness (QED) is 0.508. The maximum Gasteiger partial charge on any atom is 0.303 e. The fourth-order valence-electron chi connectivity index (χ4n) is 3.77. The lowest BCUT2D eigenvalue weighted by Gasteiger charge is -2.37. The smallest absolute Gasteiger partial charge is 0.303 e. The van der Waals surface area contributed by atoms with E-state index in [0.717, 1.165) is 36.3 Å². The van der Waals surface area contributed by atoms with Crippen LogP contribution in [0.25, 0.3) is 0 Å². The first-order chi connectivity index (χ1) is 12.6. The first kappa shape index (κ1) is 21.2. The monoisotopic (exact) mass is 385 g/mol. The molecule has 0 amide bonds. The molecule has 0 saturated carbocycles. The maximum atomic E-state index is 12.1. The summed E-state index contributed by atoms with van der Waals surface area (Å²) >= 11 is 0. The van der Waals surface area contributed by atoms with E-state index in [-0.39, 0.29) is 18.4 Å². The van der Waals surface area contributed by atoms with E-state index in [1.165, 1.54) is 19.8 Å². The van der Waals surface area contributed by atoms with Gasteiger partial charge in [0.1, 0.15) is 0 Å². The van der Waals surface area contributed by atoms with Crippen molar-refractivity contribution in [2.45, 2.75) is 31.8 Å². The van der Waals surface area contributed by atoms with Gasteiger partial charge in [-0.25, -0.2) is 0 Å². The molecule has 3 rings (SSSR count). The summed E-state index contributed by atoms with van der Waals surface area (Å²) in [6.45, 7) is 8.78. The molecule has 4 heteroatoms. The van der Waals surface area contributed by atoms with Gasteiger partial charge in [0.15, 0.2) is 5.60 Å². The highest BCUT2D eigenvalue weighted by atomic mass is 35.5. The van der Waals surface area contributed by atoms with Gasteiger partial charge in [-0.1, -0.05) is 67.2 Å². The lowest BCUT2D eigenvalue weighted by molar-refractivity contribution is -0.154. The first-order valence-electron chi connectivity index (χ1n) is 9.30. The Kier molecular flexibility index (Phi) is 7.64. The van der Waals surface area contributed by atoms with Crippen molar-refractivity contribution in [3.05, 3.63) is 83.9 Å². The number of hydrogen-bond acceptors (Lipinski definition) is 3. The van der Waals surface area contributed by atoms with Crippen LogP contribution in [0.1, 0.15) is 30.9 Å². The Hall–Kier alpha value is -2.10. The van der Waals surface area contributed by atoms with Gasteiger partial charge in [0.05, 0.1) is 0 Å². The zero-order valence-corrected chi connectivity index (χ0v) is 16.7. The van der Waals surface area contributed by atoms with Crippen molar-refractivity contribution in [2.24, 2.45) is 0 Å². The van der Waals surface area contributed by atoms with Gasteiger partial charge in [0, 0.05) is 25.5 Å². The Morgan fingerprint density at radius 1 is 1.04 bits per heavy atom. The molecule has 1 fully saturated rings. The zero-order valence-electron chi connectivity index (χ0n) is 15.9. The minimum atomic E-state index is -0.850. The highest BCUT2D eigenvalue weighted by Crippen LogP contribution is 2.37. The number of carbonyl (C=O) groups is 1. The summed E-state index contributed by atoms with van der Waals surface area (Å²) < 4.78 is 6.03. The molecule has 1 aliphatic rings. The van der Waals surface area contributed by atoms with Gasteiger partial charge in [0.2, 0.25) is 0 Å². The van der Waals surface area contributed by atoms with E-state index < -0.39 is 5.60 Å². The van der Waals surface area contributed by atoms with Crippen LogP contribution in [0.5, 0.6) is 0 Å². The lowest BCUT2D eigenvalue weighted by atomic mass is 9.81. The van der Waals surface area contributed by atoms with Crippen LogP contribution < -0.4 is 0 Å². The second-order valence-electron chi connectivity index (χ2n) is 7.04. The Morgan fingerprint density at radius 2 is 1.59 bits per heavy atom. The van der Waals surface area contributed by atoms with Crippen LogP contribution in [0.4, 0.5) is 0 Å². The van der Waals surface area contributed by atoms with Crippen molar-refractivity contribution >= 4 is 18.4 Å². The predicted molar refractivity (Wildman–Crippen MR) is 112 cm³/mol. The zero-order chi connectivity index (χ0) is 18.4. The van der Waals surface area contributed by atoms with Gasteiger partial charge in [-0.05, 0) is 37.1 Å². The van der Waals surface area contributed by atoms with Gasteiger partial charge in [-0.2, -0.15) is 0 Å². The summed E-state index contributed by atoms with van der Waals surface area (Å²) in [5.74, 6) is -0.285. The predicted octanol–water partition coefficient (Wildman–Crippen LogP) is 4.76. The molecule has 2 aromatic carbocycles. The number of esters is 1. The molecule has 0 aliphatic carbocycles. The van der Waals surface area contributed by atoms with Crippen molar-refractivity contribution in [3.63, 3.8) is 0 Å². The summed E-state index contributed by atoms with van der Waals surface area (Å²) in [4.78, 5) is 14.5. The topological polar surface area (TPSA) is 29.5 Å². The summed E-state index contributed by atoms with van der Waals surface area (Å²) in [6, 6.07) is 20.2. The molecule has 1 aliphatic heterocycles. The number of ether oxygens (including phenoxy) is 1. The number of halogens is 1. The Morgan fingerprint density at radius 3 is 2.15 bits per heavy atom. The molecule has 0 N–H and O–H groups in total. The maximum absolute atomic E-state index is 12.1. The number of hydrogen-bond donors (Lipinski definition) is 0.